The largest absolute Gasteiger partial charge is 0.507 e. The molecule has 3 fully saturated rings. The molecule has 0 spiro atoms. The summed E-state index contributed by atoms with van der Waals surface area (Å²) in [6.07, 6.45) is 1.61. The lowest BCUT2D eigenvalue weighted by Crippen LogP contribution is -2.61. The highest BCUT2D eigenvalue weighted by atomic mass is 19.1. The number of ether oxygens (including phenoxy) is 2. The Hall–Kier alpha value is -3.40. The predicted octanol–water partition coefficient (Wildman–Crippen LogP) is 2.52. The molecule has 6 rings (SSSR count). The van der Waals surface area contributed by atoms with Crippen LogP contribution in [0.4, 0.5) is 4.39 Å². The number of fused-ring (bicyclic) bond motifs is 3. The van der Waals surface area contributed by atoms with E-state index in [-0.39, 0.29) is 29.6 Å². The average Bonchev–Trinajstić information content (AvgIpc) is 2.82. The SMILES string of the molecule is COc1ncnc(-c2ccc(-c3ccc(OC4C(F)C5CC[C@H]4CN5C)nn3)c(O)c2)n1. The third-order valence-corrected chi connectivity index (χ3v) is 6.23. The van der Waals surface area contributed by atoms with Gasteiger partial charge in [-0.2, -0.15) is 9.97 Å². The molecule has 1 aliphatic carbocycles. The van der Waals surface area contributed by atoms with Gasteiger partial charge in [-0.1, -0.05) is 6.07 Å². The second-order valence-corrected chi connectivity index (χ2v) is 8.16. The van der Waals surface area contributed by atoms with E-state index in [0.29, 0.717) is 22.6 Å². The molecule has 4 heterocycles. The first kappa shape index (κ1) is 20.5. The van der Waals surface area contributed by atoms with Crippen LogP contribution in [0.3, 0.4) is 0 Å². The zero-order valence-corrected chi connectivity index (χ0v) is 17.7. The second kappa shape index (κ2) is 8.27. The lowest BCUT2D eigenvalue weighted by atomic mass is 9.76. The van der Waals surface area contributed by atoms with E-state index >= 15 is 0 Å². The molecule has 1 N–H and O–H groups in total. The number of alkyl halides is 1. The number of piperidine rings is 2. The summed E-state index contributed by atoms with van der Waals surface area (Å²) in [6, 6.07) is 8.46. The van der Waals surface area contributed by atoms with Crippen molar-refractivity contribution in [3.05, 3.63) is 36.7 Å². The van der Waals surface area contributed by atoms with E-state index in [1.165, 1.54) is 13.4 Å². The van der Waals surface area contributed by atoms with E-state index < -0.39 is 12.3 Å². The zero-order valence-electron chi connectivity index (χ0n) is 17.7. The minimum atomic E-state index is -1.04. The summed E-state index contributed by atoms with van der Waals surface area (Å²) in [7, 11) is 3.43. The first-order valence-electron chi connectivity index (χ1n) is 10.4. The van der Waals surface area contributed by atoms with Crippen molar-refractivity contribution in [2.75, 3.05) is 20.7 Å². The molecule has 3 aliphatic rings. The Morgan fingerprint density at radius 2 is 2.00 bits per heavy atom. The average molecular weight is 438 g/mol. The number of benzene rings is 1. The van der Waals surface area contributed by atoms with Crippen molar-refractivity contribution in [3.8, 4) is 40.3 Å². The highest BCUT2D eigenvalue weighted by Crippen LogP contribution is 2.38. The smallest absolute Gasteiger partial charge is 0.319 e. The molecule has 0 radical (unpaired) electrons. The number of phenolic OH excluding ortho intramolecular Hbond substituents is 1. The molecule has 4 atom stereocenters. The number of methoxy groups -OCH3 is 1. The summed E-state index contributed by atoms with van der Waals surface area (Å²) in [6.45, 7) is 0.828. The van der Waals surface area contributed by atoms with Crippen molar-refractivity contribution < 1.29 is 19.0 Å². The topological polar surface area (TPSA) is 106 Å². The minimum absolute atomic E-state index is 0.00120. The number of aromatic hydroxyl groups is 1. The maximum Gasteiger partial charge on any atom is 0.319 e. The van der Waals surface area contributed by atoms with Crippen LogP contribution in [0, 0.1) is 5.92 Å². The summed E-state index contributed by atoms with van der Waals surface area (Å²) in [5.41, 5.74) is 1.57. The van der Waals surface area contributed by atoms with Crippen LogP contribution >= 0.6 is 0 Å². The van der Waals surface area contributed by atoms with Gasteiger partial charge in [-0.25, -0.2) is 9.37 Å². The van der Waals surface area contributed by atoms with Gasteiger partial charge >= 0.3 is 6.01 Å². The maximum absolute atomic E-state index is 14.8. The van der Waals surface area contributed by atoms with Crippen molar-refractivity contribution >= 4 is 0 Å². The van der Waals surface area contributed by atoms with E-state index in [2.05, 4.69) is 30.0 Å². The van der Waals surface area contributed by atoms with E-state index in [9.17, 15) is 9.50 Å². The highest BCUT2D eigenvalue weighted by molar-refractivity contribution is 5.71. The fourth-order valence-corrected chi connectivity index (χ4v) is 4.58. The Bertz CT molecular complexity index is 1110. The summed E-state index contributed by atoms with van der Waals surface area (Å²) < 4.78 is 25.7. The van der Waals surface area contributed by atoms with Gasteiger partial charge in [-0.05, 0) is 38.1 Å². The van der Waals surface area contributed by atoms with E-state index in [1.54, 1.807) is 30.3 Å². The van der Waals surface area contributed by atoms with Gasteiger partial charge in [0.05, 0.1) is 12.8 Å². The fraction of sp³-hybridized carbons (Fsp3) is 0.409. The summed E-state index contributed by atoms with van der Waals surface area (Å²) in [5.74, 6) is 0.806. The third kappa shape index (κ3) is 3.70. The standard InChI is InChI=1S/C22H23FN6O3/c1-29-10-13-4-7-16(29)19(23)20(13)32-18-8-6-15(27-28-18)14-5-3-12(9-17(14)30)21-24-11-25-22(26-21)31-2/h3,5-6,8-9,11,13,16,19-20,30H,4,7,10H2,1-2H3/t13-,16?,19?,20?/m0/s1. The molecule has 2 bridgehead atoms. The van der Waals surface area contributed by atoms with Crippen LogP contribution in [0.2, 0.25) is 0 Å². The Morgan fingerprint density at radius 1 is 1.12 bits per heavy atom. The Balaban J connectivity index is 1.33. The molecule has 0 amide bonds. The Kier molecular flexibility index (Phi) is 5.30. The Morgan fingerprint density at radius 3 is 2.69 bits per heavy atom. The van der Waals surface area contributed by atoms with Gasteiger partial charge in [0.1, 0.15) is 18.2 Å². The summed E-state index contributed by atoms with van der Waals surface area (Å²) in [5, 5.41) is 18.8. The fourth-order valence-electron chi connectivity index (χ4n) is 4.58. The number of hydrogen-bond acceptors (Lipinski definition) is 9. The molecule has 9 nitrogen and oxygen atoms in total. The number of aromatic nitrogens is 5. The molecule has 2 aliphatic heterocycles. The van der Waals surface area contributed by atoms with Gasteiger partial charge in [0.15, 0.2) is 12.0 Å². The molecule has 2 aromatic heterocycles. The summed E-state index contributed by atoms with van der Waals surface area (Å²) >= 11 is 0. The first-order valence-corrected chi connectivity index (χ1v) is 10.4. The normalized spacial score (nSPS) is 25.0. The maximum atomic E-state index is 14.8. The van der Waals surface area contributed by atoms with Crippen LogP contribution in [-0.4, -0.2) is 74.2 Å². The lowest BCUT2D eigenvalue weighted by molar-refractivity contribution is -0.0891. The van der Waals surface area contributed by atoms with Crippen molar-refractivity contribution in [1.82, 2.24) is 30.0 Å². The molecule has 1 saturated carbocycles. The number of rotatable bonds is 5. The van der Waals surface area contributed by atoms with Crippen LogP contribution in [-0.2, 0) is 0 Å². The molecule has 2 saturated heterocycles. The monoisotopic (exact) mass is 438 g/mol. The summed E-state index contributed by atoms with van der Waals surface area (Å²) in [4.78, 5) is 14.2. The molecular formula is C22H23FN6O3. The Labute approximate surface area is 184 Å². The minimum Gasteiger partial charge on any atom is -0.507 e. The number of halogens is 1. The zero-order chi connectivity index (χ0) is 22.2. The lowest BCUT2D eigenvalue weighted by Gasteiger charge is -2.49. The number of phenols is 1. The van der Waals surface area contributed by atoms with Crippen molar-refractivity contribution in [3.63, 3.8) is 0 Å². The van der Waals surface area contributed by atoms with E-state index in [0.717, 1.165) is 19.4 Å². The highest BCUT2D eigenvalue weighted by Gasteiger charge is 2.48. The third-order valence-electron chi connectivity index (χ3n) is 6.23. The molecule has 10 heteroatoms. The number of hydrogen-bond donors (Lipinski definition) is 1. The first-order chi connectivity index (χ1) is 15.5. The van der Waals surface area contributed by atoms with Crippen LogP contribution < -0.4 is 9.47 Å². The van der Waals surface area contributed by atoms with Crippen LogP contribution in [0.25, 0.3) is 22.6 Å². The van der Waals surface area contributed by atoms with Crippen molar-refractivity contribution in [2.24, 2.45) is 5.92 Å². The van der Waals surface area contributed by atoms with Crippen LogP contribution in [0.1, 0.15) is 12.8 Å². The second-order valence-electron chi connectivity index (χ2n) is 8.16. The molecule has 1 aromatic carbocycles. The predicted molar refractivity (Wildman–Crippen MR) is 113 cm³/mol. The molecule has 166 valence electrons. The van der Waals surface area contributed by atoms with Crippen LogP contribution in [0.5, 0.6) is 17.6 Å². The van der Waals surface area contributed by atoms with Gasteiger partial charge in [0, 0.05) is 35.7 Å². The van der Waals surface area contributed by atoms with Gasteiger partial charge in [0.2, 0.25) is 5.88 Å². The quantitative estimate of drug-likeness (QED) is 0.643. The van der Waals surface area contributed by atoms with E-state index in [1.807, 2.05) is 7.05 Å². The van der Waals surface area contributed by atoms with Gasteiger partial charge in [-0.15, -0.1) is 10.2 Å². The van der Waals surface area contributed by atoms with Gasteiger partial charge < -0.3 is 14.6 Å². The molecule has 3 unspecified atom stereocenters. The number of nitrogens with zero attached hydrogens (tertiary/aromatic N) is 6. The van der Waals surface area contributed by atoms with Crippen molar-refractivity contribution in [1.29, 1.82) is 0 Å². The van der Waals surface area contributed by atoms with Gasteiger partial charge in [-0.3, -0.25) is 4.90 Å². The molecular weight excluding hydrogens is 415 g/mol. The molecule has 32 heavy (non-hydrogen) atoms. The van der Waals surface area contributed by atoms with E-state index in [4.69, 9.17) is 9.47 Å². The van der Waals surface area contributed by atoms with Crippen molar-refractivity contribution in [2.45, 2.75) is 31.2 Å². The van der Waals surface area contributed by atoms with Crippen LogP contribution in [0.15, 0.2) is 36.7 Å². The molecule has 3 aromatic rings. The van der Waals surface area contributed by atoms with Gasteiger partial charge in [0.25, 0.3) is 0 Å².